The van der Waals surface area contributed by atoms with Gasteiger partial charge in [-0.3, -0.25) is 0 Å². The van der Waals surface area contributed by atoms with Crippen molar-refractivity contribution >= 4 is 11.6 Å². The maximum atomic E-state index is 6.17. The Balaban J connectivity index is 2.31. The van der Waals surface area contributed by atoms with Gasteiger partial charge in [0.15, 0.2) is 0 Å². The van der Waals surface area contributed by atoms with E-state index in [9.17, 15) is 0 Å². The molecule has 1 aromatic carbocycles. The molecule has 1 aromatic heterocycles. The van der Waals surface area contributed by atoms with Gasteiger partial charge in [-0.25, -0.2) is 4.98 Å². The van der Waals surface area contributed by atoms with Crippen LogP contribution in [0.5, 0.6) is 0 Å². The molecule has 0 bridgehead atoms. The molecule has 0 saturated heterocycles. The molecule has 19 heavy (non-hydrogen) atoms. The zero-order chi connectivity index (χ0) is 14.0. The van der Waals surface area contributed by atoms with Crippen molar-refractivity contribution in [2.45, 2.75) is 33.2 Å². The van der Waals surface area contributed by atoms with Gasteiger partial charge in [0.25, 0.3) is 0 Å². The van der Waals surface area contributed by atoms with Crippen LogP contribution in [0.1, 0.15) is 37.8 Å². The maximum Gasteiger partial charge on any atom is 0.124 e. The van der Waals surface area contributed by atoms with Crippen molar-refractivity contribution in [1.82, 2.24) is 9.97 Å². The first-order valence-corrected chi connectivity index (χ1v) is 6.93. The summed E-state index contributed by atoms with van der Waals surface area (Å²) in [6.07, 6.45) is 0.919. The summed E-state index contributed by atoms with van der Waals surface area (Å²) in [4.78, 5) is 7.92. The van der Waals surface area contributed by atoms with Gasteiger partial charge in [0.2, 0.25) is 0 Å². The normalized spacial score (nSPS) is 12.9. The fourth-order valence-corrected chi connectivity index (χ4v) is 2.39. The molecule has 3 N–H and O–H groups in total. The number of aromatic nitrogens is 2. The van der Waals surface area contributed by atoms with Gasteiger partial charge in [0, 0.05) is 16.3 Å². The lowest BCUT2D eigenvalue weighted by atomic mass is 10.0. The number of H-pyrrole nitrogens is 1. The molecule has 4 heteroatoms. The van der Waals surface area contributed by atoms with Crippen LogP contribution in [0.3, 0.4) is 0 Å². The Hall–Kier alpha value is -1.32. The minimum atomic E-state index is -0.0494. The average Bonchev–Trinajstić information content (AvgIpc) is 2.70. The third kappa shape index (κ3) is 3.37. The Labute approximate surface area is 119 Å². The van der Waals surface area contributed by atoms with Gasteiger partial charge in [-0.05, 0) is 31.4 Å². The molecule has 0 spiro atoms. The molecule has 0 radical (unpaired) electrons. The van der Waals surface area contributed by atoms with Crippen molar-refractivity contribution in [3.63, 3.8) is 0 Å². The number of imidazole rings is 1. The number of hydrogen-bond donors (Lipinski definition) is 2. The van der Waals surface area contributed by atoms with Gasteiger partial charge in [0.05, 0.1) is 11.7 Å². The molecular weight excluding hydrogens is 258 g/mol. The fourth-order valence-electron chi connectivity index (χ4n) is 2.20. The molecule has 1 atom stereocenters. The number of hydrogen-bond acceptors (Lipinski definition) is 2. The Bertz CT molecular complexity index is 560. The summed E-state index contributed by atoms with van der Waals surface area (Å²) in [5, 5.41) is 0.716. The summed E-state index contributed by atoms with van der Waals surface area (Å²) < 4.78 is 0. The van der Waals surface area contributed by atoms with Crippen LogP contribution >= 0.6 is 11.6 Å². The first-order valence-electron chi connectivity index (χ1n) is 6.55. The average molecular weight is 278 g/mol. The lowest BCUT2D eigenvalue weighted by Crippen LogP contribution is -2.14. The molecule has 2 rings (SSSR count). The van der Waals surface area contributed by atoms with Crippen LogP contribution in [0.2, 0.25) is 5.02 Å². The summed E-state index contributed by atoms with van der Waals surface area (Å²) in [6.45, 7) is 6.33. The molecule has 102 valence electrons. The number of nitrogens with one attached hydrogen (secondary N) is 1. The quantitative estimate of drug-likeness (QED) is 0.884. The van der Waals surface area contributed by atoms with E-state index in [1.165, 1.54) is 0 Å². The predicted octanol–water partition coefficient (Wildman–Crippen LogP) is 4.08. The Morgan fingerprint density at radius 3 is 2.74 bits per heavy atom. The summed E-state index contributed by atoms with van der Waals surface area (Å²) in [7, 11) is 0. The minimum absolute atomic E-state index is 0.0494. The number of nitrogens with two attached hydrogens (primary N) is 1. The smallest absolute Gasteiger partial charge is 0.124 e. The molecule has 0 amide bonds. The number of benzene rings is 1. The number of aryl methyl sites for hydroxylation is 1. The number of halogens is 1. The third-order valence-electron chi connectivity index (χ3n) is 3.08. The van der Waals surface area contributed by atoms with Crippen LogP contribution in [0.25, 0.3) is 11.3 Å². The first-order chi connectivity index (χ1) is 8.97. The standard InChI is InChI=1S/C15H20ClN3/c1-9(2)7-13(17)15-18-10(3)14(19-15)11-5-4-6-12(16)8-11/h4-6,8-9,13H,7,17H2,1-3H3,(H,18,19). The summed E-state index contributed by atoms with van der Waals surface area (Å²) in [5.41, 5.74) is 9.14. The zero-order valence-corrected chi connectivity index (χ0v) is 12.3. The topological polar surface area (TPSA) is 54.7 Å². The van der Waals surface area contributed by atoms with Crippen LogP contribution in [0.4, 0.5) is 0 Å². The molecule has 0 aliphatic carbocycles. The van der Waals surface area contributed by atoms with E-state index in [0.717, 1.165) is 29.2 Å². The lowest BCUT2D eigenvalue weighted by Gasteiger charge is -2.10. The van der Waals surface area contributed by atoms with Gasteiger partial charge >= 0.3 is 0 Å². The van der Waals surface area contributed by atoms with Crippen molar-refractivity contribution < 1.29 is 0 Å². The molecule has 1 heterocycles. The highest BCUT2D eigenvalue weighted by atomic mass is 35.5. The summed E-state index contributed by atoms with van der Waals surface area (Å²) in [5.74, 6) is 1.40. The van der Waals surface area contributed by atoms with Gasteiger partial charge < -0.3 is 10.7 Å². The van der Waals surface area contributed by atoms with Gasteiger partial charge in [0.1, 0.15) is 5.82 Å². The zero-order valence-electron chi connectivity index (χ0n) is 11.6. The van der Waals surface area contributed by atoms with Crippen LogP contribution < -0.4 is 5.73 Å². The van der Waals surface area contributed by atoms with Gasteiger partial charge in [-0.1, -0.05) is 37.6 Å². The molecule has 3 nitrogen and oxygen atoms in total. The SMILES string of the molecule is Cc1[nH]c(C(N)CC(C)C)nc1-c1cccc(Cl)c1. The minimum Gasteiger partial charge on any atom is -0.344 e. The predicted molar refractivity (Wildman–Crippen MR) is 80.2 cm³/mol. The number of rotatable bonds is 4. The van der Waals surface area contributed by atoms with E-state index in [-0.39, 0.29) is 6.04 Å². The Morgan fingerprint density at radius 2 is 2.11 bits per heavy atom. The van der Waals surface area contributed by atoms with E-state index in [1.54, 1.807) is 0 Å². The number of aromatic amines is 1. The van der Waals surface area contributed by atoms with Crippen LogP contribution in [-0.4, -0.2) is 9.97 Å². The van der Waals surface area contributed by atoms with Gasteiger partial charge in [-0.2, -0.15) is 0 Å². The van der Waals surface area contributed by atoms with Crippen LogP contribution in [-0.2, 0) is 0 Å². The van der Waals surface area contributed by atoms with Crippen molar-refractivity contribution in [3.8, 4) is 11.3 Å². The highest BCUT2D eigenvalue weighted by molar-refractivity contribution is 6.30. The van der Waals surface area contributed by atoms with E-state index >= 15 is 0 Å². The number of nitrogens with zero attached hydrogens (tertiary/aromatic N) is 1. The van der Waals surface area contributed by atoms with Gasteiger partial charge in [-0.15, -0.1) is 0 Å². The molecule has 1 unspecified atom stereocenters. The van der Waals surface area contributed by atoms with E-state index in [4.69, 9.17) is 17.3 Å². The second kappa shape index (κ2) is 5.76. The first kappa shape index (κ1) is 14.1. The molecule has 0 aliphatic rings. The fraction of sp³-hybridized carbons (Fsp3) is 0.400. The summed E-state index contributed by atoms with van der Waals surface area (Å²) >= 11 is 6.02. The van der Waals surface area contributed by atoms with E-state index < -0.39 is 0 Å². The van der Waals surface area contributed by atoms with Crippen molar-refractivity contribution in [2.75, 3.05) is 0 Å². The highest BCUT2D eigenvalue weighted by Crippen LogP contribution is 2.26. The van der Waals surface area contributed by atoms with Crippen molar-refractivity contribution in [2.24, 2.45) is 11.7 Å². The monoisotopic (exact) mass is 277 g/mol. The van der Waals surface area contributed by atoms with E-state index in [2.05, 4.69) is 23.8 Å². The lowest BCUT2D eigenvalue weighted by molar-refractivity contribution is 0.495. The largest absolute Gasteiger partial charge is 0.344 e. The van der Waals surface area contributed by atoms with E-state index in [0.29, 0.717) is 10.9 Å². The Kier molecular flexibility index (Phi) is 4.27. The molecule has 0 fully saturated rings. The summed E-state index contributed by atoms with van der Waals surface area (Å²) in [6, 6.07) is 7.67. The molecule has 0 aliphatic heterocycles. The maximum absolute atomic E-state index is 6.17. The highest BCUT2D eigenvalue weighted by Gasteiger charge is 2.15. The second-order valence-electron chi connectivity index (χ2n) is 5.34. The van der Waals surface area contributed by atoms with Crippen molar-refractivity contribution in [3.05, 3.63) is 40.8 Å². The van der Waals surface area contributed by atoms with Crippen LogP contribution in [0.15, 0.2) is 24.3 Å². The second-order valence-corrected chi connectivity index (χ2v) is 5.78. The molecule has 2 aromatic rings. The molecule has 0 saturated carbocycles. The van der Waals surface area contributed by atoms with Crippen LogP contribution in [0, 0.1) is 12.8 Å². The molecular formula is C15H20ClN3. The third-order valence-corrected chi connectivity index (χ3v) is 3.31. The Morgan fingerprint density at radius 1 is 1.37 bits per heavy atom. The van der Waals surface area contributed by atoms with E-state index in [1.807, 2.05) is 31.2 Å². The van der Waals surface area contributed by atoms with Crippen molar-refractivity contribution in [1.29, 1.82) is 0 Å².